The molecule has 0 aliphatic carbocycles. The van der Waals surface area contributed by atoms with E-state index in [0.29, 0.717) is 12.8 Å². The number of carboxylic acids is 2. The summed E-state index contributed by atoms with van der Waals surface area (Å²) in [4.78, 5) is 19.3. The molecule has 1 unspecified atom stereocenters. The van der Waals surface area contributed by atoms with Gasteiger partial charge in [-0.3, -0.25) is 9.59 Å². The molecule has 1 atom stereocenters. The summed E-state index contributed by atoms with van der Waals surface area (Å²) in [6, 6.07) is 0. The Morgan fingerprint density at radius 2 is 1.55 bits per heavy atom. The molecule has 4 N–H and O–H groups in total. The number of aliphatic hydroxyl groups is 2. The number of aliphatic carboxylic acids is 2. The van der Waals surface area contributed by atoms with Crippen molar-refractivity contribution in [1.29, 1.82) is 0 Å². The first kappa shape index (κ1) is 20.3. The molecular weight excluding hydrogens is 264 g/mol. The van der Waals surface area contributed by atoms with Gasteiger partial charge >= 0.3 is 11.9 Å². The number of carbonyl (C=O) groups is 2. The SMILES string of the molecule is C#CCC(CC)C(O)(O)CC#C.O=C(O)CCC(=O)O. The highest BCUT2D eigenvalue weighted by Crippen LogP contribution is 2.23. The molecule has 0 aromatic heterocycles. The summed E-state index contributed by atoms with van der Waals surface area (Å²) in [5.74, 6) is 0.310. The first-order chi connectivity index (χ1) is 9.21. The Kier molecular flexibility index (Phi) is 11.0. The van der Waals surface area contributed by atoms with E-state index in [2.05, 4.69) is 11.8 Å². The number of hydrogen-bond donors (Lipinski definition) is 4. The molecule has 0 aromatic rings. The fourth-order valence-corrected chi connectivity index (χ4v) is 1.29. The highest BCUT2D eigenvalue weighted by Gasteiger charge is 2.31. The van der Waals surface area contributed by atoms with Crippen molar-refractivity contribution >= 4 is 11.9 Å². The summed E-state index contributed by atoms with van der Waals surface area (Å²) in [5.41, 5.74) is 0. The van der Waals surface area contributed by atoms with Crippen molar-refractivity contribution < 1.29 is 30.0 Å². The van der Waals surface area contributed by atoms with E-state index in [1.807, 2.05) is 6.92 Å². The second kappa shape index (κ2) is 10.9. The van der Waals surface area contributed by atoms with Gasteiger partial charge in [0.15, 0.2) is 5.79 Å². The molecule has 0 amide bonds. The van der Waals surface area contributed by atoms with Crippen molar-refractivity contribution in [3.05, 3.63) is 0 Å². The van der Waals surface area contributed by atoms with Gasteiger partial charge in [-0.15, -0.1) is 24.7 Å². The molecule has 0 saturated heterocycles. The number of terminal acetylenes is 2. The van der Waals surface area contributed by atoms with Crippen molar-refractivity contribution in [2.45, 2.75) is 44.8 Å². The molecule has 0 aromatic carbocycles. The predicted molar refractivity (Wildman–Crippen MR) is 72.4 cm³/mol. The van der Waals surface area contributed by atoms with Gasteiger partial charge in [0.25, 0.3) is 0 Å². The predicted octanol–water partition coefficient (Wildman–Crippen LogP) is 0.676. The summed E-state index contributed by atoms with van der Waals surface area (Å²) in [6.45, 7) is 1.85. The molecule has 0 rings (SSSR count). The average Bonchev–Trinajstić information content (AvgIpc) is 2.34. The number of rotatable bonds is 7. The van der Waals surface area contributed by atoms with Crippen molar-refractivity contribution in [3.63, 3.8) is 0 Å². The fourth-order valence-electron chi connectivity index (χ4n) is 1.29. The third-order valence-corrected chi connectivity index (χ3v) is 2.43. The van der Waals surface area contributed by atoms with E-state index >= 15 is 0 Å². The Labute approximate surface area is 118 Å². The van der Waals surface area contributed by atoms with Crippen LogP contribution in [0.3, 0.4) is 0 Å². The maximum Gasteiger partial charge on any atom is 0.303 e. The summed E-state index contributed by atoms with van der Waals surface area (Å²) in [7, 11) is 0. The minimum atomic E-state index is -1.81. The lowest BCUT2D eigenvalue weighted by Gasteiger charge is -2.27. The molecule has 6 heteroatoms. The largest absolute Gasteiger partial charge is 0.481 e. The van der Waals surface area contributed by atoms with Crippen molar-refractivity contribution in [1.82, 2.24) is 0 Å². The molecule has 6 nitrogen and oxygen atoms in total. The average molecular weight is 284 g/mol. The monoisotopic (exact) mass is 284 g/mol. The Balaban J connectivity index is 0. The van der Waals surface area contributed by atoms with Gasteiger partial charge in [0.1, 0.15) is 0 Å². The number of hydrogen-bond acceptors (Lipinski definition) is 4. The van der Waals surface area contributed by atoms with Crippen molar-refractivity contribution in [3.8, 4) is 24.7 Å². The van der Waals surface area contributed by atoms with E-state index in [1.54, 1.807) is 0 Å². The zero-order valence-corrected chi connectivity index (χ0v) is 11.4. The lowest BCUT2D eigenvalue weighted by molar-refractivity contribution is -0.195. The Morgan fingerprint density at radius 3 is 1.80 bits per heavy atom. The third kappa shape index (κ3) is 11.1. The molecule has 0 fully saturated rings. The maximum atomic E-state index is 9.64. The van der Waals surface area contributed by atoms with Gasteiger partial charge in [-0.05, 0) is 6.42 Å². The highest BCUT2D eigenvalue weighted by molar-refractivity contribution is 5.75. The Hall–Kier alpha value is -2.02. The van der Waals surface area contributed by atoms with Crippen molar-refractivity contribution in [2.75, 3.05) is 0 Å². The van der Waals surface area contributed by atoms with Crippen LogP contribution in [0.15, 0.2) is 0 Å². The highest BCUT2D eigenvalue weighted by atomic mass is 16.5. The summed E-state index contributed by atoms with van der Waals surface area (Å²) < 4.78 is 0. The van der Waals surface area contributed by atoms with Crippen LogP contribution in [-0.4, -0.2) is 38.2 Å². The van der Waals surface area contributed by atoms with Crippen LogP contribution >= 0.6 is 0 Å². The first-order valence-corrected chi connectivity index (χ1v) is 5.96. The van der Waals surface area contributed by atoms with E-state index in [1.165, 1.54) is 0 Å². The van der Waals surface area contributed by atoms with E-state index in [4.69, 9.17) is 23.1 Å². The number of carboxylic acid groups (broad SMARTS) is 2. The molecule has 0 bridgehead atoms. The van der Waals surface area contributed by atoms with Gasteiger partial charge in [-0.2, -0.15) is 0 Å². The summed E-state index contributed by atoms with van der Waals surface area (Å²) in [5, 5.41) is 34.6. The molecule has 0 spiro atoms. The van der Waals surface area contributed by atoms with E-state index < -0.39 is 17.7 Å². The molecular formula is C14H20O6. The first-order valence-electron chi connectivity index (χ1n) is 5.96. The van der Waals surface area contributed by atoms with Crippen LogP contribution < -0.4 is 0 Å². The topological polar surface area (TPSA) is 115 Å². The quantitative estimate of drug-likeness (QED) is 0.403. The van der Waals surface area contributed by atoms with Gasteiger partial charge in [-0.25, -0.2) is 0 Å². The second-order valence-electron chi connectivity index (χ2n) is 4.06. The minimum absolute atomic E-state index is 0.0762. The minimum Gasteiger partial charge on any atom is -0.481 e. The molecule has 0 heterocycles. The smallest absolute Gasteiger partial charge is 0.303 e. The molecule has 0 aliphatic rings. The fraction of sp³-hybridized carbons (Fsp3) is 0.571. The van der Waals surface area contributed by atoms with Crippen LogP contribution in [-0.2, 0) is 9.59 Å². The molecule has 0 radical (unpaired) electrons. The summed E-state index contributed by atoms with van der Waals surface area (Å²) >= 11 is 0. The van der Waals surface area contributed by atoms with E-state index in [9.17, 15) is 19.8 Å². The van der Waals surface area contributed by atoms with Crippen molar-refractivity contribution in [2.24, 2.45) is 5.92 Å². The van der Waals surface area contributed by atoms with Crippen LogP contribution in [0.5, 0.6) is 0 Å². The Morgan fingerprint density at radius 1 is 1.10 bits per heavy atom. The van der Waals surface area contributed by atoms with Crippen LogP contribution in [0.4, 0.5) is 0 Å². The van der Waals surface area contributed by atoms with Crippen LogP contribution in [0, 0.1) is 30.6 Å². The van der Waals surface area contributed by atoms with Gasteiger partial charge in [-0.1, -0.05) is 6.92 Å². The maximum absolute atomic E-state index is 9.64. The van der Waals surface area contributed by atoms with E-state index in [-0.39, 0.29) is 25.2 Å². The molecule has 0 aliphatic heterocycles. The van der Waals surface area contributed by atoms with Gasteiger partial charge in [0, 0.05) is 12.3 Å². The standard InChI is InChI=1S/C10H14O2.C4H6O4/c1-4-7-9(6-3)10(11,12)8-5-2;5-3(6)1-2-4(7)8/h1-2,9,11-12H,6-8H2,3H3;1-2H2,(H,5,6)(H,7,8). The van der Waals surface area contributed by atoms with Gasteiger partial charge in [0.2, 0.25) is 0 Å². The molecule has 0 saturated carbocycles. The van der Waals surface area contributed by atoms with Crippen LogP contribution in [0.2, 0.25) is 0 Å². The van der Waals surface area contributed by atoms with E-state index in [0.717, 1.165) is 0 Å². The normalized spacial score (nSPS) is 11.2. The van der Waals surface area contributed by atoms with Gasteiger partial charge < -0.3 is 20.4 Å². The molecule has 20 heavy (non-hydrogen) atoms. The molecule has 112 valence electrons. The van der Waals surface area contributed by atoms with Gasteiger partial charge in [0.05, 0.1) is 19.3 Å². The van der Waals surface area contributed by atoms with Crippen LogP contribution in [0.1, 0.15) is 39.0 Å². The lowest BCUT2D eigenvalue weighted by atomic mass is 9.90. The zero-order chi connectivity index (χ0) is 16.2. The zero-order valence-electron chi connectivity index (χ0n) is 11.4. The van der Waals surface area contributed by atoms with Crippen LogP contribution in [0.25, 0.3) is 0 Å². The summed E-state index contributed by atoms with van der Waals surface area (Å²) in [6.07, 6.45) is 10.3. The second-order valence-corrected chi connectivity index (χ2v) is 4.06. The third-order valence-electron chi connectivity index (χ3n) is 2.43. The Bertz CT molecular complexity index is 371. The lowest BCUT2D eigenvalue weighted by Crippen LogP contribution is -2.36.